The Bertz CT molecular complexity index is 1780. The van der Waals surface area contributed by atoms with Gasteiger partial charge in [0.1, 0.15) is 0 Å². The second kappa shape index (κ2) is 18.5. The summed E-state index contributed by atoms with van der Waals surface area (Å²) in [5.41, 5.74) is 5.61. The molecule has 0 atom stereocenters. The fourth-order valence-electron chi connectivity index (χ4n) is 5.17. The van der Waals surface area contributed by atoms with Gasteiger partial charge in [-0.2, -0.15) is 16.8 Å². The molecule has 0 saturated carbocycles. The van der Waals surface area contributed by atoms with Crippen molar-refractivity contribution in [1.29, 1.82) is 0 Å². The molecule has 0 spiro atoms. The molecule has 0 bridgehead atoms. The molecule has 1 aliphatic rings. The number of benzene rings is 2. The summed E-state index contributed by atoms with van der Waals surface area (Å²) in [6.07, 6.45) is 5.27. The van der Waals surface area contributed by atoms with Crippen LogP contribution in [0.4, 0.5) is 11.4 Å². The van der Waals surface area contributed by atoms with Crippen molar-refractivity contribution in [2.24, 2.45) is 0 Å². The number of nitrogens with zero attached hydrogens (tertiary/aromatic N) is 4. The maximum absolute atomic E-state index is 9.19. The molecule has 4 aromatic rings. The Morgan fingerprint density at radius 3 is 0.981 bits per heavy atom. The molecule has 3 heterocycles. The molecule has 1 fully saturated rings. The van der Waals surface area contributed by atoms with Gasteiger partial charge in [-0.3, -0.25) is 19.1 Å². The molecule has 1 aliphatic heterocycles. The average Bonchev–Trinajstić information content (AvgIpc) is 3.12. The van der Waals surface area contributed by atoms with Gasteiger partial charge in [-0.1, -0.05) is 0 Å². The van der Waals surface area contributed by atoms with E-state index >= 15 is 0 Å². The number of piperazine rings is 1. The predicted octanol–water partition coefficient (Wildman–Crippen LogP) is 4.20. The van der Waals surface area contributed by atoms with E-state index in [0.717, 1.165) is 60.1 Å². The third kappa shape index (κ3) is 12.0. The lowest BCUT2D eigenvalue weighted by molar-refractivity contribution is 0.324. The zero-order valence-electron chi connectivity index (χ0n) is 30.2. The van der Waals surface area contributed by atoms with Crippen LogP contribution < -0.4 is 38.2 Å². The minimum absolute atomic E-state index is 0.560. The first-order chi connectivity index (χ1) is 24.5. The molecule has 0 aliphatic carbocycles. The van der Waals surface area contributed by atoms with Crippen LogP contribution in [0.2, 0.25) is 0 Å². The van der Waals surface area contributed by atoms with Crippen LogP contribution in [-0.2, 0) is 20.2 Å². The van der Waals surface area contributed by atoms with Crippen LogP contribution in [0.25, 0.3) is 22.5 Å². The van der Waals surface area contributed by atoms with Crippen LogP contribution in [0.5, 0.6) is 34.5 Å². The van der Waals surface area contributed by atoms with Crippen molar-refractivity contribution in [3.05, 3.63) is 60.9 Å². The predicted molar refractivity (Wildman–Crippen MR) is 198 cm³/mol. The van der Waals surface area contributed by atoms with Crippen LogP contribution in [0, 0.1) is 0 Å². The van der Waals surface area contributed by atoms with Crippen LogP contribution in [-0.4, -0.2) is 117 Å². The van der Waals surface area contributed by atoms with E-state index in [2.05, 4.69) is 21.9 Å². The van der Waals surface area contributed by atoms with Crippen LogP contribution in [0.3, 0.4) is 0 Å². The van der Waals surface area contributed by atoms with E-state index in [1.54, 1.807) is 42.7 Å². The monoisotopic (exact) mass is 764 g/mol. The van der Waals surface area contributed by atoms with Crippen molar-refractivity contribution in [3.63, 3.8) is 0 Å². The lowest BCUT2D eigenvalue weighted by Gasteiger charge is -2.37. The second-order valence-electron chi connectivity index (χ2n) is 11.1. The summed E-state index contributed by atoms with van der Waals surface area (Å²) in [6.45, 7) is 3.50. The number of hydrogen-bond donors (Lipinski definition) is 2. The van der Waals surface area contributed by atoms with Crippen molar-refractivity contribution in [2.45, 2.75) is 0 Å². The summed E-state index contributed by atoms with van der Waals surface area (Å²) < 4.78 is 84.6. The van der Waals surface area contributed by atoms with Crippen LogP contribution in [0.15, 0.2) is 60.9 Å². The van der Waals surface area contributed by atoms with Crippen molar-refractivity contribution in [1.82, 2.24) is 9.97 Å². The molecular weight excluding hydrogens is 721 g/mol. The number of aromatic nitrogens is 2. The van der Waals surface area contributed by atoms with Crippen LogP contribution >= 0.6 is 0 Å². The summed E-state index contributed by atoms with van der Waals surface area (Å²) in [5.74, 6) is 3.51. The number of ether oxygens (including phenoxy) is 6. The van der Waals surface area contributed by atoms with E-state index in [9.17, 15) is 16.8 Å². The Hall–Kier alpha value is -5.04. The molecule has 2 aromatic carbocycles. The summed E-state index contributed by atoms with van der Waals surface area (Å²) in [6, 6.07) is 15.9. The largest absolute Gasteiger partial charge is 0.493 e. The Kier molecular flexibility index (Phi) is 14.7. The molecule has 0 radical (unpaired) electrons. The second-order valence-corrected chi connectivity index (χ2v) is 14.0. The van der Waals surface area contributed by atoms with E-state index in [-0.39, 0.29) is 0 Å². The standard InChI is InChI=1S/C32H36N4O6.2CH4O3S/c1-37-27-15-21(16-28(38-2)31(27)41-5)25-9-7-23(19-33-25)35-11-13-36(14-12-35)24-8-10-26(34-20-24)22-17-29(39-3)32(42-6)30(18-22)40-4;2*1-5(2,3)4/h7-10,15-20H,11-14H2,1-6H3;2*1H3,(H,2,3,4). The SMILES string of the molecule is COc1cc(-c2ccc(N3CCN(c4ccc(-c5cc(OC)c(OC)c(OC)c5)nc4)CC3)cn2)cc(OC)c1OC.CS(=O)(=O)O.CS(=O)(=O)O. The van der Waals surface area contributed by atoms with Crippen molar-refractivity contribution in [2.75, 3.05) is 91.1 Å². The van der Waals surface area contributed by atoms with Gasteiger partial charge in [0.15, 0.2) is 23.0 Å². The molecule has 2 aromatic heterocycles. The summed E-state index contributed by atoms with van der Waals surface area (Å²) in [5, 5.41) is 0. The minimum atomic E-state index is -3.67. The molecule has 2 N–H and O–H groups in total. The Morgan fingerprint density at radius 2 is 0.788 bits per heavy atom. The van der Waals surface area contributed by atoms with Gasteiger partial charge in [0.25, 0.3) is 20.2 Å². The van der Waals surface area contributed by atoms with Gasteiger partial charge in [-0.25, -0.2) is 0 Å². The van der Waals surface area contributed by atoms with Crippen molar-refractivity contribution >= 4 is 31.6 Å². The maximum Gasteiger partial charge on any atom is 0.261 e. The quantitative estimate of drug-likeness (QED) is 0.218. The molecule has 284 valence electrons. The number of rotatable bonds is 10. The third-order valence-electron chi connectivity index (χ3n) is 7.43. The summed E-state index contributed by atoms with van der Waals surface area (Å²) in [4.78, 5) is 14.2. The molecule has 0 amide bonds. The van der Waals surface area contributed by atoms with Crippen molar-refractivity contribution in [3.8, 4) is 57.0 Å². The van der Waals surface area contributed by atoms with Gasteiger partial charge >= 0.3 is 0 Å². The maximum atomic E-state index is 9.19. The van der Waals surface area contributed by atoms with Gasteiger partial charge in [-0.15, -0.1) is 0 Å². The molecule has 5 rings (SSSR count). The summed E-state index contributed by atoms with van der Waals surface area (Å²) >= 11 is 0. The topological polar surface area (TPSA) is 196 Å². The van der Waals surface area contributed by atoms with Crippen molar-refractivity contribution < 1.29 is 54.4 Å². The molecule has 16 nitrogen and oxygen atoms in total. The summed E-state index contributed by atoms with van der Waals surface area (Å²) in [7, 11) is 2.29. The molecule has 0 unspecified atom stereocenters. The smallest absolute Gasteiger partial charge is 0.261 e. The number of methoxy groups -OCH3 is 6. The zero-order chi connectivity index (χ0) is 38.6. The fraction of sp³-hybridized carbons (Fsp3) is 0.353. The highest BCUT2D eigenvalue weighted by Gasteiger charge is 2.20. The van der Waals surface area contributed by atoms with E-state index in [4.69, 9.17) is 47.5 Å². The number of pyridine rings is 2. The lowest BCUT2D eigenvalue weighted by atomic mass is 10.1. The van der Waals surface area contributed by atoms with Gasteiger partial charge in [-0.05, 0) is 48.5 Å². The Morgan fingerprint density at radius 1 is 0.519 bits per heavy atom. The normalized spacial score (nSPS) is 12.7. The lowest BCUT2D eigenvalue weighted by Crippen LogP contribution is -2.46. The highest BCUT2D eigenvalue weighted by Crippen LogP contribution is 2.42. The molecule has 52 heavy (non-hydrogen) atoms. The van der Waals surface area contributed by atoms with Crippen LogP contribution in [0.1, 0.15) is 0 Å². The Balaban J connectivity index is 0.000000644. The van der Waals surface area contributed by atoms with Gasteiger partial charge in [0, 0.05) is 37.3 Å². The Labute approximate surface area is 304 Å². The highest BCUT2D eigenvalue weighted by molar-refractivity contribution is 7.85. The molecule has 1 saturated heterocycles. The number of hydrogen-bond acceptors (Lipinski definition) is 14. The first kappa shape index (κ1) is 41.4. The zero-order valence-corrected chi connectivity index (χ0v) is 31.8. The fourth-order valence-corrected chi connectivity index (χ4v) is 5.17. The first-order valence-corrected chi connectivity index (χ1v) is 19.1. The van der Waals surface area contributed by atoms with E-state index in [1.807, 2.05) is 48.8 Å². The van der Waals surface area contributed by atoms with Gasteiger partial charge in [0.2, 0.25) is 11.5 Å². The van der Waals surface area contributed by atoms with E-state index in [1.165, 1.54) is 0 Å². The van der Waals surface area contributed by atoms with Gasteiger partial charge in [0.05, 0.1) is 90.3 Å². The molecule has 18 heteroatoms. The third-order valence-corrected chi connectivity index (χ3v) is 7.43. The van der Waals surface area contributed by atoms with E-state index < -0.39 is 20.2 Å². The minimum Gasteiger partial charge on any atom is -0.493 e. The van der Waals surface area contributed by atoms with Gasteiger partial charge < -0.3 is 38.2 Å². The first-order valence-electron chi connectivity index (χ1n) is 15.4. The average molecular weight is 765 g/mol. The number of anilines is 2. The molecular formula is C34H44N4O12S2. The highest BCUT2D eigenvalue weighted by atomic mass is 32.2. The van der Waals surface area contributed by atoms with E-state index in [0.29, 0.717) is 47.0 Å².